The zero-order valence-electron chi connectivity index (χ0n) is 9.27. The summed E-state index contributed by atoms with van der Waals surface area (Å²) in [5, 5.41) is 12.0. The molecule has 2 N–H and O–H groups in total. The van der Waals surface area contributed by atoms with E-state index in [0.717, 1.165) is 9.99 Å². The first-order chi connectivity index (χ1) is 7.54. The minimum absolute atomic E-state index is 0.0681. The van der Waals surface area contributed by atoms with E-state index < -0.39 is 12.0 Å². The van der Waals surface area contributed by atoms with E-state index in [9.17, 15) is 4.79 Å². The summed E-state index contributed by atoms with van der Waals surface area (Å²) in [5.41, 5.74) is 0. The molecule has 0 aliphatic carbocycles. The minimum Gasteiger partial charge on any atom is -0.480 e. The van der Waals surface area contributed by atoms with Gasteiger partial charge >= 0.3 is 5.97 Å². The monoisotopic (exact) mass is 334 g/mol. The van der Waals surface area contributed by atoms with Crippen molar-refractivity contribution in [1.82, 2.24) is 4.98 Å². The fourth-order valence-electron chi connectivity index (χ4n) is 1.30. The zero-order valence-corrected chi connectivity index (χ0v) is 11.4. The predicted octanol–water partition coefficient (Wildman–Crippen LogP) is 2.60. The largest absolute Gasteiger partial charge is 0.480 e. The standard InChI is InChI=1S/C11H15IN2O2/c1-3-7(2)10(11(15)16)14-9-5-4-8(12)6-13-9/h4-7,10H,3H2,1-2H3,(H,13,14)(H,15,16)/t7-,10-/m0/s1. The fourth-order valence-corrected chi connectivity index (χ4v) is 1.62. The van der Waals surface area contributed by atoms with Gasteiger partial charge in [0.1, 0.15) is 11.9 Å². The highest BCUT2D eigenvalue weighted by molar-refractivity contribution is 14.1. The maximum absolute atomic E-state index is 11.1. The summed E-state index contributed by atoms with van der Waals surface area (Å²) in [4.78, 5) is 15.2. The third-order valence-electron chi connectivity index (χ3n) is 2.51. The summed E-state index contributed by atoms with van der Waals surface area (Å²) in [6, 6.07) is 3.10. The van der Waals surface area contributed by atoms with Crippen LogP contribution < -0.4 is 5.32 Å². The van der Waals surface area contributed by atoms with E-state index in [0.29, 0.717) is 5.82 Å². The number of aliphatic carboxylic acids is 1. The molecule has 1 rings (SSSR count). The number of nitrogens with one attached hydrogen (secondary N) is 1. The van der Waals surface area contributed by atoms with E-state index in [-0.39, 0.29) is 5.92 Å². The Balaban J connectivity index is 2.75. The highest BCUT2D eigenvalue weighted by Crippen LogP contribution is 2.14. The Kier molecular flexibility index (Phi) is 4.98. The Bertz CT molecular complexity index is 354. The second-order valence-corrected chi connectivity index (χ2v) is 4.95. The predicted molar refractivity (Wildman–Crippen MR) is 71.5 cm³/mol. The highest BCUT2D eigenvalue weighted by atomic mass is 127. The molecule has 0 aromatic carbocycles. The average Bonchev–Trinajstić information content (AvgIpc) is 2.27. The molecule has 0 spiro atoms. The molecule has 0 aliphatic heterocycles. The molecule has 2 atom stereocenters. The summed E-state index contributed by atoms with van der Waals surface area (Å²) < 4.78 is 1.03. The van der Waals surface area contributed by atoms with Crippen LogP contribution >= 0.6 is 22.6 Å². The van der Waals surface area contributed by atoms with Crippen molar-refractivity contribution in [2.24, 2.45) is 5.92 Å². The van der Waals surface area contributed by atoms with Crippen LogP contribution in [-0.2, 0) is 4.79 Å². The Morgan fingerprint density at radius 3 is 2.75 bits per heavy atom. The summed E-state index contributed by atoms with van der Waals surface area (Å²) in [7, 11) is 0. The number of hydrogen-bond acceptors (Lipinski definition) is 3. The van der Waals surface area contributed by atoms with Gasteiger partial charge in [-0.15, -0.1) is 0 Å². The van der Waals surface area contributed by atoms with E-state index in [2.05, 4.69) is 32.9 Å². The summed E-state index contributed by atoms with van der Waals surface area (Å²) in [6.07, 6.45) is 2.52. The lowest BCUT2D eigenvalue weighted by Gasteiger charge is -2.20. The average molecular weight is 334 g/mol. The number of anilines is 1. The van der Waals surface area contributed by atoms with Crippen LogP contribution in [0.2, 0.25) is 0 Å². The lowest BCUT2D eigenvalue weighted by molar-refractivity contribution is -0.139. The molecule has 1 heterocycles. The van der Waals surface area contributed by atoms with Crippen LogP contribution in [0.15, 0.2) is 18.3 Å². The van der Waals surface area contributed by atoms with Crippen molar-refractivity contribution in [3.05, 3.63) is 21.9 Å². The van der Waals surface area contributed by atoms with Crippen LogP contribution in [0.3, 0.4) is 0 Å². The van der Waals surface area contributed by atoms with Gasteiger partial charge in [0.05, 0.1) is 0 Å². The summed E-state index contributed by atoms with van der Waals surface area (Å²) in [6.45, 7) is 3.89. The fraction of sp³-hybridized carbons (Fsp3) is 0.455. The molecule has 0 unspecified atom stereocenters. The van der Waals surface area contributed by atoms with Crippen molar-refractivity contribution in [2.75, 3.05) is 5.32 Å². The number of carboxylic acid groups (broad SMARTS) is 1. The van der Waals surface area contributed by atoms with Gasteiger partial charge in [0, 0.05) is 9.77 Å². The summed E-state index contributed by atoms with van der Waals surface area (Å²) >= 11 is 2.16. The molecule has 1 aromatic rings. The first-order valence-electron chi connectivity index (χ1n) is 5.15. The number of carbonyl (C=O) groups is 1. The number of rotatable bonds is 5. The lowest BCUT2D eigenvalue weighted by Crippen LogP contribution is -2.35. The van der Waals surface area contributed by atoms with Crippen molar-refractivity contribution < 1.29 is 9.90 Å². The van der Waals surface area contributed by atoms with Gasteiger partial charge in [-0.2, -0.15) is 0 Å². The van der Waals surface area contributed by atoms with Crippen LogP contribution in [0, 0.1) is 9.49 Å². The number of pyridine rings is 1. The number of carboxylic acids is 1. The summed E-state index contributed by atoms with van der Waals surface area (Å²) in [5.74, 6) is -0.165. The second-order valence-electron chi connectivity index (χ2n) is 3.71. The third kappa shape index (κ3) is 3.62. The van der Waals surface area contributed by atoms with Crippen LogP contribution in [0.1, 0.15) is 20.3 Å². The van der Waals surface area contributed by atoms with Crippen molar-refractivity contribution in [3.63, 3.8) is 0 Å². The topological polar surface area (TPSA) is 62.2 Å². The van der Waals surface area contributed by atoms with Crippen LogP contribution in [0.25, 0.3) is 0 Å². The molecule has 0 fully saturated rings. The van der Waals surface area contributed by atoms with E-state index in [1.165, 1.54) is 0 Å². The van der Waals surface area contributed by atoms with Gasteiger partial charge in [0.15, 0.2) is 0 Å². The maximum atomic E-state index is 11.1. The quantitative estimate of drug-likeness (QED) is 0.813. The maximum Gasteiger partial charge on any atom is 0.326 e. The zero-order chi connectivity index (χ0) is 12.1. The van der Waals surface area contributed by atoms with E-state index in [1.54, 1.807) is 12.3 Å². The normalized spacial score (nSPS) is 14.2. The van der Waals surface area contributed by atoms with Gasteiger partial charge in [-0.05, 0) is 40.6 Å². The third-order valence-corrected chi connectivity index (χ3v) is 3.15. The van der Waals surface area contributed by atoms with Crippen LogP contribution in [0.5, 0.6) is 0 Å². The van der Waals surface area contributed by atoms with Crippen molar-refractivity contribution >= 4 is 34.4 Å². The van der Waals surface area contributed by atoms with Gasteiger partial charge in [-0.3, -0.25) is 0 Å². The molecule has 16 heavy (non-hydrogen) atoms. The van der Waals surface area contributed by atoms with Gasteiger partial charge < -0.3 is 10.4 Å². The molecule has 0 amide bonds. The van der Waals surface area contributed by atoms with Crippen molar-refractivity contribution in [3.8, 4) is 0 Å². The molecule has 0 saturated carbocycles. The molecule has 0 bridgehead atoms. The molecule has 5 heteroatoms. The van der Waals surface area contributed by atoms with Gasteiger partial charge in [0.2, 0.25) is 0 Å². The Morgan fingerprint density at radius 1 is 1.62 bits per heavy atom. The Morgan fingerprint density at radius 2 is 2.31 bits per heavy atom. The van der Waals surface area contributed by atoms with E-state index >= 15 is 0 Å². The number of nitrogens with zero attached hydrogens (tertiary/aromatic N) is 1. The van der Waals surface area contributed by atoms with Crippen LogP contribution in [0.4, 0.5) is 5.82 Å². The lowest BCUT2D eigenvalue weighted by atomic mass is 9.99. The number of aromatic nitrogens is 1. The number of hydrogen-bond donors (Lipinski definition) is 2. The molecule has 0 aliphatic rings. The first-order valence-corrected chi connectivity index (χ1v) is 6.23. The highest BCUT2D eigenvalue weighted by Gasteiger charge is 2.23. The molecule has 0 saturated heterocycles. The molecule has 4 nitrogen and oxygen atoms in total. The van der Waals surface area contributed by atoms with Gasteiger partial charge in [-0.1, -0.05) is 20.3 Å². The van der Waals surface area contributed by atoms with Crippen LogP contribution in [-0.4, -0.2) is 22.1 Å². The molecular formula is C11H15IN2O2. The molecular weight excluding hydrogens is 319 g/mol. The van der Waals surface area contributed by atoms with Crippen molar-refractivity contribution in [1.29, 1.82) is 0 Å². The minimum atomic E-state index is -0.838. The second kappa shape index (κ2) is 6.03. The Hall–Kier alpha value is -0.850. The first kappa shape index (κ1) is 13.2. The molecule has 1 aromatic heterocycles. The molecule has 0 radical (unpaired) electrons. The SMILES string of the molecule is CC[C@H](C)[C@H](Nc1ccc(I)cn1)C(=O)O. The van der Waals surface area contributed by atoms with Gasteiger partial charge in [-0.25, -0.2) is 9.78 Å². The van der Waals surface area contributed by atoms with E-state index in [4.69, 9.17) is 5.11 Å². The van der Waals surface area contributed by atoms with E-state index in [1.807, 2.05) is 19.9 Å². The smallest absolute Gasteiger partial charge is 0.326 e. The van der Waals surface area contributed by atoms with Crippen molar-refractivity contribution in [2.45, 2.75) is 26.3 Å². The van der Waals surface area contributed by atoms with Gasteiger partial charge in [0.25, 0.3) is 0 Å². The molecule has 88 valence electrons. The number of halogens is 1. The Labute approximate surface area is 109 Å².